The van der Waals surface area contributed by atoms with Crippen molar-refractivity contribution in [2.75, 3.05) is 14.2 Å². The quantitative estimate of drug-likeness (QED) is 0.665. The molecule has 132 valence electrons. The molecule has 0 aliphatic heterocycles. The normalized spacial score (nSPS) is 10.3. The van der Waals surface area contributed by atoms with E-state index in [1.807, 2.05) is 39.8 Å². The molecule has 1 rings (SSSR count). The summed E-state index contributed by atoms with van der Waals surface area (Å²) in [6.45, 7) is 11.5. The van der Waals surface area contributed by atoms with Crippen molar-refractivity contribution < 1.29 is 19.1 Å². The van der Waals surface area contributed by atoms with E-state index in [-0.39, 0.29) is 12.0 Å². The van der Waals surface area contributed by atoms with Crippen LogP contribution in [0.2, 0.25) is 0 Å². The minimum absolute atomic E-state index is 0.00463. The van der Waals surface area contributed by atoms with Gasteiger partial charge in [-0.15, -0.1) is 0 Å². The maximum absolute atomic E-state index is 10.7. The highest BCUT2D eigenvalue weighted by Crippen LogP contribution is 2.24. The van der Waals surface area contributed by atoms with Crippen molar-refractivity contribution in [1.82, 2.24) is 5.32 Å². The van der Waals surface area contributed by atoms with E-state index < -0.39 is 0 Å². The summed E-state index contributed by atoms with van der Waals surface area (Å²) in [5.74, 6) is 0.627. The topological polar surface area (TPSA) is 64.6 Å². The van der Waals surface area contributed by atoms with Gasteiger partial charge in [0, 0.05) is 6.92 Å². The lowest BCUT2D eigenvalue weighted by atomic mass is 10.1. The molecule has 1 aromatic carbocycles. The second kappa shape index (κ2) is 13.8. The summed E-state index contributed by atoms with van der Waals surface area (Å²) in [6.07, 6.45) is 0.861. The molecule has 0 saturated heterocycles. The first kappa shape index (κ1) is 23.4. The van der Waals surface area contributed by atoms with E-state index in [1.54, 1.807) is 21.1 Å². The average molecular weight is 325 g/mol. The van der Waals surface area contributed by atoms with Gasteiger partial charge < -0.3 is 19.6 Å². The summed E-state index contributed by atoms with van der Waals surface area (Å²) >= 11 is 0. The van der Waals surface area contributed by atoms with Crippen LogP contribution in [0.5, 0.6) is 5.75 Å². The molecule has 23 heavy (non-hydrogen) atoms. The van der Waals surface area contributed by atoms with E-state index in [0.29, 0.717) is 6.61 Å². The molecule has 0 fully saturated rings. The standard InChI is InChI=1S/C12H16O3.C4H9NO.C2H6/c1-8-5-11(7-15-10(3)13)6-9(2)12(8)14-4;1-4(3-6)5-2;1-2/h5-6H,7H2,1-4H3;3-5H,1-2H3;1-2H3. The molecule has 1 atom stereocenters. The molecule has 0 radical (unpaired) electrons. The molecule has 5 heteroatoms. The fraction of sp³-hybridized carbons (Fsp3) is 0.556. The number of hydrogen-bond acceptors (Lipinski definition) is 5. The Hall–Kier alpha value is -1.88. The van der Waals surface area contributed by atoms with E-state index in [1.165, 1.54) is 6.92 Å². The third-order valence-corrected chi connectivity index (χ3v) is 2.83. The minimum Gasteiger partial charge on any atom is -0.496 e. The number of likely N-dealkylation sites (N-methyl/N-ethyl adjacent to an activating group) is 1. The van der Waals surface area contributed by atoms with Crippen molar-refractivity contribution in [2.45, 2.75) is 54.2 Å². The van der Waals surface area contributed by atoms with E-state index >= 15 is 0 Å². The monoisotopic (exact) mass is 325 g/mol. The molecule has 0 aliphatic rings. The van der Waals surface area contributed by atoms with Crippen LogP contribution in [0.15, 0.2) is 12.1 Å². The number of nitrogens with one attached hydrogen (secondary N) is 1. The Morgan fingerprint density at radius 3 is 2.00 bits per heavy atom. The van der Waals surface area contributed by atoms with Gasteiger partial charge in [0.2, 0.25) is 0 Å². The fourth-order valence-electron chi connectivity index (χ4n) is 1.70. The molecule has 0 saturated carbocycles. The number of aldehydes is 1. The number of esters is 1. The number of ether oxygens (including phenoxy) is 2. The minimum atomic E-state index is -0.263. The van der Waals surface area contributed by atoms with Gasteiger partial charge in [0.1, 0.15) is 18.6 Å². The molecule has 0 spiro atoms. The first-order valence-corrected chi connectivity index (χ1v) is 7.75. The number of aryl methyl sites for hydroxylation is 2. The lowest BCUT2D eigenvalue weighted by Gasteiger charge is -2.11. The second-order valence-corrected chi connectivity index (χ2v) is 4.76. The Labute approximate surface area is 140 Å². The highest BCUT2D eigenvalue weighted by Gasteiger charge is 2.05. The van der Waals surface area contributed by atoms with Gasteiger partial charge in [0.15, 0.2) is 0 Å². The predicted octanol–water partition coefficient (Wildman–Crippen LogP) is 3.19. The second-order valence-electron chi connectivity index (χ2n) is 4.76. The number of hydrogen-bond donors (Lipinski definition) is 1. The van der Waals surface area contributed by atoms with Crippen molar-refractivity contribution in [3.8, 4) is 5.75 Å². The third-order valence-electron chi connectivity index (χ3n) is 2.83. The lowest BCUT2D eigenvalue weighted by Crippen LogP contribution is -2.21. The summed E-state index contributed by atoms with van der Waals surface area (Å²) < 4.78 is 10.2. The molecular formula is C18H31NO4. The molecular weight excluding hydrogens is 294 g/mol. The van der Waals surface area contributed by atoms with Gasteiger partial charge in [-0.3, -0.25) is 4.79 Å². The average Bonchev–Trinajstić information content (AvgIpc) is 2.54. The number of carbonyl (C=O) groups excluding carboxylic acids is 2. The summed E-state index contributed by atoms with van der Waals surface area (Å²) in [5, 5.41) is 2.75. The molecule has 0 aliphatic carbocycles. The number of benzene rings is 1. The summed E-state index contributed by atoms with van der Waals surface area (Å²) in [5.41, 5.74) is 3.10. The van der Waals surface area contributed by atoms with Crippen LogP contribution in [0.3, 0.4) is 0 Å². The lowest BCUT2D eigenvalue weighted by molar-refractivity contribution is -0.142. The van der Waals surface area contributed by atoms with Gasteiger partial charge in [0.05, 0.1) is 13.2 Å². The SMILES string of the molecule is CC.CNC(C)C=O.COc1c(C)cc(COC(C)=O)cc1C. The molecule has 0 heterocycles. The van der Waals surface area contributed by atoms with Crippen molar-refractivity contribution in [3.63, 3.8) is 0 Å². The summed E-state index contributed by atoms with van der Waals surface area (Å²) in [4.78, 5) is 20.3. The number of carbonyl (C=O) groups is 2. The zero-order chi connectivity index (χ0) is 18.4. The van der Waals surface area contributed by atoms with E-state index in [9.17, 15) is 9.59 Å². The van der Waals surface area contributed by atoms with Crippen LogP contribution >= 0.6 is 0 Å². The van der Waals surface area contributed by atoms with Gasteiger partial charge in [0.25, 0.3) is 0 Å². The number of methoxy groups -OCH3 is 1. The fourth-order valence-corrected chi connectivity index (χ4v) is 1.70. The highest BCUT2D eigenvalue weighted by atomic mass is 16.5. The molecule has 0 amide bonds. The van der Waals surface area contributed by atoms with Crippen LogP contribution in [0.25, 0.3) is 0 Å². The van der Waals surface area contributed by atoms with Crippen molar-refractivity contribution in [1.29, 1.82) is 0 Å². The van der Waals surface area contributed by atoms with Crippen LogP contribution in [-0.4, -0.2) is 32.5 Å². The summed E-state index contributed by atoms with van der Waals surface area (Å²) in [7, 11) is 3.40. The Morgan fingerprint density at radius 1 is 1.26 bits per heavy atom. The first-order valence-electron chi connectivity index (χ1n) is 7.75. The molecule has 0 aromatic heterocycles. The van der Waals surface area contributed by atoms with Crippen molar-refractivity contribution in [2.24, 2.45) is 0 Å². The van der Waals surface area contributed by atoms with Gasteiger partial charge in [-0.2, -0.15) is 0 Å². The van der Waals surface area contributed by atoms with Crippen LogP contribution in [0, 0.1) is 13.8 Å². The van der Waals surface area contributed by atoms with Gasteiger partial charge >= 0.3 is 5.97 Å². The Kier molecular flexibility index (Phi) is 14.0. The van der Waals surface area contributed by atoms with Crippen LogP contribution < -0.4 is 10.1 Å². The Bertz CT molecular complexity index is 449. The van der Waals surface area contributed by atoms with Gasteiger partial charge in [-0.1, -0.05) is 13.8 Å². The maximum atomic E-state index is 10.7. The molecule has 1 aromatic rings. The molecule has 1 unspecified atom stereocenters. The molecule has 1 N–H and O–H groups in total. The van der Waals surface area contributed by atoms with E-state index in [4.69, 9.17) is 9.47 Å². The predicted molar refractivity (Wildman–Crippen MR) is 93.9 cm³/mol. The highest BCUT2D eigenvalue weighted by molar-refractivity contribution is 5.66. The maximum Gasteiger partial charge on any atom is 0.302 e. The Morgan fingerprint density at radius 2 is 1.74 bits per heavy atom. The largest absolute Gasteiger partial charge is 0.496 e. The van der Waals surface area contributed by atoms with Crippen molar-refractivity contribution in [3.05, 3.63) is 28.8 Å². The van der Waals surface area contributed by atoms with Crippen LogP contribution in [0.1, 0.15) is 44.4 Å². The molecule has 0 bridgehead atoms. The zero-order valence-electron chi connectivity index (χ0n) is 15.6. The van der Waals surface area contributed by atoms with Crippen LogP contribution in [-0.2, 0) is 20.9 Å². The Balaban J connectivity index is 0. The first-order chi connectivity index (χ1) is 10.8. The van der Waals surface area contributed by atoms with Crippen LogP contribution in [0.4, 0.5) is 0 Å². The smallest absolute Gasteiger partial charge is 0.302 e. The van der Waals surface area contributed by atoms with E-state index in [0.717, 1.165) is 28.7 Å². The van der Waals surface area contributed by atoms with Gasteiger partial charge in [-0.05, 0) is 56.6 Å². The van der Waals surface area contributed by atoms with Gasteiger partial charge in [-0.25, -0.2) is 0 Å². The number of rotatable bonds is 5. The molecule has 5 nitrogen and oxygen atoms in total. The summed E-state index contributed by atoms with van der Waals surface area (Å²) in [6, 6.07) is 3.94. The van der Waals surface area contributed by atoms with Crippen molar-refractivity contribution >= 4 is 12.3 Å². The third kappa shape index (κ3) is 10.5. The van der Waals surface area contributed by atoms with E-state index in [2.05, 4.69) is 5.32 Å². The zero-order valence-corrected chi connectivity index (χ0v) is 15.6.